The van der Waals surface area contributed by atoms with Gasteiger partial charge in [-0.25, -0.2) is 4.98 Å². The Morgan fingerprint density at radius 1 is 0.304 bits per heavy atom. The van der Waals surface area contributed by atoms with Gasteiger partial charge in [0.15, 0.2) is 11.6 Å². The lowest BCUT2D eigenvalue weighted by Gasteiger charge is -2.11. The normalized spacial score (nSPS) is 11.8. The first-order chi connectivity index (χ1) is 34.2. The first kappa shape index (κ1) is 38.8. The summed E-state index contributed by atoms with van der Waals surface area (Å²) in [7, 11) is 0. The van der Waals surface area contributed by atoms with Crippen LogP contribution >= 0.6 is 0 Å². The lowest BCUT2D eigenvalue weighted by atomic mass is 9.93. The van der Waals surface area contributed by atoms with E-state index in [9.17, 15) is 0 Å². The van der Waals surface area contributed by atoms with Crippen molar-refractivity contribution >= 4 is 65.6 Å². The second-order valence-electron chi connectivity index (χ2n) is 17.6. The minimum absolute atomic E-state index is 0.567. The molecule has 0 aliphatic heterocycles. The van der Waals surface area contributed by atoms with Crippen molar-refractivity contribution in [1.29, 1.82) is 0 Å². The van der Waals surface area contributed by atoms with E-state index < -0.39 is 0 Å². The largest absolute Gasteiger partial charge is 0.455 e. The molecule has 10 aromatic carbocycles. The Balaban J connectivity index is 0.957. The Labute approximate surface area is 396 Å². The molecule has 0 fully saturated rings. The van der Waals surface area contributed by atoms with E-state index in [-0.39, 0.29) is 0 Å². The van der Waals surface area contributed by atoms with Gasteiger partial charge in [0, 0.05) is 54.7 Å². The standard InChI is InChI=1S/C63H39N5O/c1-5-17-40(18-6-1)48-33-32-47(45-30-35-56-52(39-45)49-25-13-15-27-54(49)67(56)46-23-11-4-12-24-46)59-53-38-44(31-36-58(53)69-60(48)59)43-29-34-57-51(37-43)50-26-14-16-28-55(50)68(57)63-65-61(41-19-7-2-8-20-41)64-62(66-63)42-21-9-3-10-22-42/h1-39H. The van der Waals surface area contributed by atoms with Crippen molar-refractivity contribution in [3.8, 4) is 67.8 Å². The third-order valence-electron chi connectivity index (χ3n) is 13.6. The molecule has 0 radical (unpaired) electrons. The summed E-state index contributed by atoms with van der Waals surface area (Å²) in [5.41, 5.74) is 15.7. The highest BCUT2D eigenvalue weighted by Gasteiger charge is 2.22. The highest BCUT2D eigenvalue weighted by molar-refractivity contribution is 6.19. The van der Waals surface area contributed by atoms with Gasteiger partial charge in [-0.3, -0.25) is 4.57 Å². The molecule has 4 heterocycles. The maximum Gasteiger partial charge on any atom is 0.238 e. The van der Waals surface area contributed by atoms with E-state index in [1.54, 1.807) is 0 Å². The van der Waals surface area contributed by atoms with Crippen LogP contribution in [0.4, 0.5) is 0 Å². The predicted octanol–water partition coefficient (Wildman–Crippen LogP) is 16.3. The van der Waals surface area contributed by atoms with Crippen LogP contribution in [0.2, 0.25) is 0 Å². The van der Waals surface area contributed by atoms with E-state index in [4.69, 9.17) is 19.4 Å². The van der Waals surface area contributed by atoms with Crippen LogP contribution in [-0.4, -0.2) is 24.1 Å². The van der Waals surface area contributed by atoms with Crippen molar-refractivity contribution in [2.75, 3.05) is 0 Å². The van der Waals surface area contributed by atoms with Gasteiger partial charge in [-0.15, -0.1) is 0 Å². The number of fused-ring (bicyclic) bond motifs is 9. The summed E-state index contributed by atoms with van der Waals surface area (Å²) >= 11 is 0. The maximum absolute atomic E-state index is 6.95. The van der Waals surface area contributed by atoms with Gasteiger partial charge in [0.05, 0.1) is 22.1 Å². The van der Waals surface area contributed by atoms with Crippen LogP contribution in [0.25, 0.3) is 133 Å². The molecule has 0 spiro atoms. The van der Waals surface area contributed by atoms with Gasteiger partial charge in [-0.1, -0.05) is 170 Å². The van der Waals surface area contributed by atoms with Crippen molar-refractivity contribution in [1.82, 2.24) is 24.1 Å². The Kier molecular flexibility index (Phi) is 8.79. The van der Waals surface area contributed by atoms with Crippen molar-refractivity contribution in [2.24, 2.45) is 0 Å². The molecule has 4 aromatic heterocycles. The van der Waals surface area contributed by atoms with Crippen LogP contribution in [0.3, 0.4) is 0 Å². The van der Waals surface area contributed by atoms with Crippen molar-refractivity contribution in [3.05, 3.63) is 237 Å². The van der Waals surface area contributed by atoms with Gasteiger partial charge >= 0.3 is 0 Å². The fraction of sp³-hybridized carbons (Fsp3) is 0. The molecule has 0 bridgehead atoms. The van der Waals surface area contributed by atoms with E-state index in [0.717, 1.165) is 93.9 Å². The first-order valence-electron chi connectivity index (χ1n) is 23.3. The van der Waals surface area contributed by atoms with Gasteiger partial charge in [0.1, 0.15) is 11.2 Å². The van der Waals surface area contributed by atoms with Crippen LogP contribution in [0.5, 0.6) is 0 Å². The maximum atomic E-state index is 6.95. The molecule has 0 amide bonds. The molecule has 0 aliphatic rings. The first-order valence-corrected chi connectivity index (χ1v) is 23.3. The molecule has 14 rings (SSSR count). The van der Waals surface area contributed by atoms with Crippen LogP contribution < -0.4 is 0 Å². The monoisotopic (exact) mass is 881 g/mol. The number of nitrogens with zero attached hydrogens (tertiary/aromatic N) is 5. The zero-order chi connectivity index (χ0) is 45.4. The molecule has 0 atom stereocenters. The Morgan fingerprint density at radius 3 is 1.41 bits per heavy atom. The van der Waals surface area contributed by atoms with Gasteiger partial charge in [0.2, 0.25) is 5.95 Å². The van der Waals surface area contributed by atoms with Crippen LogP contribution in [0.15, 0.2) is 241 Å². The second kappa shape index (κ2) is 15.6. The quantitative estimate of drug-likeness (QED) is 0.160. The van der Waals surface area contributed by atoms with Crippen LogP contribution in [-0.2, 0) is 0 Å². The molecule has 0 saturated heterocycles. The Morgan fingerprint density at radius 2 is 0.768 bits per heavy atom. The number of hydrogen-bond acceptors (Lipinski definition) is 4. The smallest absolute Gasteiger partial charge is 0.238 e. The Bertz CT molecular complexity index is 4230. The van der Waals surface area contributed by atoms with E-state index in [1.807, 2.05) is 60.7 Å². The summed E-state index contributed by atoms with van der Waals surface area (Å²) in [6, 6.07) is 83.4. The number of rotatable bonds is 7. The molecule has 0 unspecified atom stereocenters. The van der Waals surface area contributed by atoms with E-state index in [0.29, 0.717) is 17.6 Å². The Hall–Kier alpha value is -9.39. The molecule has 0 aliphatic carbocycles. The SMILES string of the molecule is c1ccc(-c2nc(-c3ccccc3)nc(-n3c4ccccc4c4cc(-c5ccc6oc7c(-c8ccccc8)ccc(-c8ccc9c(c8)c8ccccc8n9-c8ccccc8)c7c6c5)ccc43)n2)cc1. The van der Waals surface area contributed by atoms with Crippen molar-refractivity contribution < 1.29 is 4.42 Å². The van der Waals surface area contributed by atoms with E-state index >= 15 is 0 Å². The highest BCUT2D eigenvalue weighted by Crippen LogP contribution is 2.45. The summed E-state index contributed by atoms with van der Waals surface area (Å²) in [5, 5.41) is 6.81. The van der Waals surface area contributed by atoms with E-state index in [1.165, 1.54) is 21.8 Å². The molecule has 322 valence electrons. The molecule has 6 nitrogen and oxygen atoms in total. The lowest BCUT2D eigenvalue weighted by Crippen LogP contribution is -2.06. The third-order valence-corrected chi connectivity index (χ3v) is 13.6. The molecule has 0 saturated carbocycles. The second-order valence-corrected chi connectivity index (χ2v) is 17.6. The summed E-state index contributed by atoms with van der Waals surface area (Å²) in [6.45, 7) is 0. The number of para-hydroxylation sites is 3. The summed E-state index contributed by atoms with van der Waals surface area (Å²) in [5.74, 6) is 1.81. The molecular formula is C63H39N5O. The predicted molar refractivity (Wildman–Crippen MR) is 283 cm³/mol. The van der Waals surface area contributed by atoms with Crippen molar-refractivity contribution in [2.45, 2.75) is 0 Å². The van der Waals surface area contributed by atoms with Crippen molar-refractivity contribution in [3.63, 3.8) is 0 Å². The fourth-order valence-electron chi connectivity index (χ4n) is 10.4. The minimum Gasteiger partial charge on any atom is -0.455 e. The summed E-state index contributed by atoms with van der Waals surface area (Å²) < 4.78 is 11.5. The zero-order valence-electron chi connectivity index (χ0n) is 37.2. The lowest BCUT2D eigenvalue weighted by molar-refractivity contribution is 0.670. The average Bonchev–Trinajstić information content (AvgIpc) is 4.09. The molecular weight excluding hydrogens is 843 g/mol. The molecule has 6 heteroatoms. The summed E-state index contributed by atoms with van der Waals surface area (Å²) in [4.78, 5) is 15.3. The van der Waals surface area contributed by atoms with Gasteiger partial charge in [0.25, 0.3) is 0 Å². The summed E-state index contributed by atoms with van der Waals surface area (Å²) in [6.07, 6.45) is 0. The van der Waals surface area contributed by atoms with Gasteiger partial charge in [-0.05, 0) is 94.5 Å². The van der Waals surface area contributed by atoms with Gasteiger partial charge < -0.3 is 8.98 Å². The number of furan rings is 1. The topological polar surface area (TPSA) is 61.7 Å². The third kappa shape index (κ3) is 6.30. The fourth-order valence-corrected chi connectivity index (χ4v) is 10.4. The average molecular weight is 882 g/mol. The molecule has 0 N–H and O–H groups in total. The van der Waals surface area contributed by atoms with Crippen LogP contribution in [0, 0.1) is 0 Å². The molecule has 69 heavy (non-hydrogen) atoms. The number of hydrogen-bond donors (Lipinski definition) is 0. The van der Waals surface area contributed by atoms with Crippen LogP contribution in [0.1, 0.15) is 0 Å². The highest BCUT2D eigenvalue weighted by atomic mass is 16.3. The molecule has 14 aromatic rings. The zero-order valence-corrected chi connectivity index (χ0v) is 37.2. The van der Waals surface area contributed by atoms with E-state index in [2.05, 4.69) is 185 Å². The van der Waals surface area contributed by atoms with Gasteiger partial charge in [-0.2, -0.15) is 9.97 Å². The number of benzene rings is 10. The minimum atomic E-state index is 0.567. The number of aromatic nitrogens is 5.